The quantitative estimate of drug-likeness (QED) is 0.556. The molecular formula is C9H13ClN4O2. The molecule has 88 valence electrons. The Hall–Kier alpha value is -1.24. The van der Waals surface area contributed by atoms with E-state index >= 15 is 0 Å². The monoisotopic (exact) mass is 244 g/mol. The molecule has 0 atom stereocenters. The van der Waals surface area contributed by atoms with Gasteiger partial charge in [-0.2, -0.15) is 0 Å². The van der Waals surface area contributed by atoms with Gasteiger partial charge in [-0.15, -0.1) is 0 Å². The highest BCUT2D eigenvalue weighted by atomic mass is 35.5. The average Bonchev–Trinajstić information content (AvgIpc) is 2.24. The smallest absolute Gasteiger partial charge is 0.239 e. The number of hydrogen-bond donors (Lipinski definition) is 2. The molecule has 0 radical (unpaired) electrons. The minimum atomic E-state index is -0.189. The zero-order valence-corrected chi connectivity index (χ0v) is 9.62. The first-order valence-corrected chi connectivity index (χ1v) is 5.07. The maximum absolute atomic E-state index is 11.4. The van der Waals surface area contributed by atoms with Gasteiger partial charge in [0.1, 0.15) is 17.3 Å². The van der Waals surface area contributed by atoms with Crippen LogP contribution in [0.4, 0.5) is 5.82 Å². The van der Waals surface area contributed by atoms with Gasteiger partial charge in [-0.05, 0) is 0 Å². The van der Waals surface area contributed by atoms with Gasteiger partial charge in [0.05, 0.1) is 13.2 Å². The number of anilines is 1. The Morgan fingerprint density at radius 2 is 2.38 bits per heavy atom. The van der Waals surface area contributed by atoms with Crippen molar-refractivity contribution in [2.45, 2.75) is 0 Å². The molecule has 2 N–H and O–H groups in total. The summed E-state index contributed by atoms with van der Waals surface area (Å²) in [6, 6.07) is 1.48. The highest BCUT2D eigenvalue weighted by molar-refractivity contribution is 6.29. The Morgan fingerprint density at radius 1 is 1.56 bits per heavy atom. The summed E-state index contributed by atoms with van der Waals surface area (Å²) in [6.07, 6.45) is 1.29. The number of halogens is 1. The topological polar surface area (TPSA) is 76.1 Å². The van der Waals surface area contributed by atoms with Crippen molar-refractivity contribution in [1.82, 2.24) is 15.3 Å². The molecular weight excluding hydrogens is 232 g/mol. The second-order valence-corrected chi connectivity index (χ2v) is 3.33. The lowest BCUT2D eigenvalue weighted by molar-refractivity contribution is -0.115. The maximum Gasteiger partial charge on any atom is 0.239 e. The van der Waals surface area contributed by atoms with Crippen molar-refractivity contribution in [2.75, 3.05) is 32.1 Å². The number of rotatable bonds is 6. The summed E-state index contributed by atoms with van der Waals surface area (Å²) in [6.45, 7) is 1.38. The summed E-state index contributed by atoms with van der Waals surface area (Å²) >= 11 is 5.64. The number of hydrogen-bond acceptors (Lipinski definition) is 5. The van der Waals surface area contributed by atoms with E-state index in [9.17, 15) is 4.79 Å². The third-order valence-corrected chi connectivity index (χ3v) is 1.88. The number of aromatic nitrogens is 2. The minimum Gasteiger partial charge on any atom is -0.383 e. The van der Waals surface area contributed by atoms with E-state index in [4.69, 9.17) is 16.3 Å². The van der Waals surface area contributed by atoms with Gasteiger partial charge in [0.2, 0.25) is 5.91 Å². The first-order valence-electron chi connectivity index (χ1n) is 4.69. The molecule has 0 aromatic carbocycles. The molecule has 0 aliphatic carbocycles. The number of nitrogens with one attached hydrogen (secondary N) is 2. The van der Waals surface area contributed by atoms with Crippen LogP contribution in [0.15, 0.2) is 12.4 Å². The van der Waals surface area contributed by atoms with Crippen LogP contribution in [0.25, 0.3) is 0 Å². The van der Waals surface area contributed by atoms with Crippen molar-refractivity contribution >= 4 is 23.3 Å². The summed E-state index contributed by atoms with van der Waals surface area (Å²) in [4.78, 5) is 18.9. The highest BCUT2D eigenvalue weighted by Crippen LogP contribution is 2.07. The van der Waals surface area contributed by atoms with Crippen molar-refractivity contribution in [3.05, 3.63) is 17.5 Å². The van der Waals surface area contributed by atoms with Gasteiger partial charge in [0.25, 0.3) is 0 Å². The van der Waals surface area contributed by atoms with Crippen LogP contribution in [-0.4, -0.2) is 42.7 Å². The number of methoxy groups -OCH3 is 1. The SMILES string of the molecule is COCCNCC(=O)Nc1cc(Cl)ncn1. The molecule has 0 fully saturated rings. The molecule has 1 aromatic rings. The van der Waals surface area contributed by atoms with E-state index in [1.165, 1.54) is 12.4 Å². The molecule has 1 amide bonds. The Balaban J connectivity index is 2.29. The van der Waals surface area contributed by atoms with Crippen LogP contribution >= 0.6 is 11.6 Å². The van der Waals surface area contributed by atoms with Crippen LogP contribution in [0.2, 0.25) is 5.15 Å². The van der Waals surface area contributed by atoms with Crippen LogP contribution in [0.5, 0.6) is 0 Å². The number of carbonyl (C=O) groups excluding carboxylic acids is 1. The minimum absolute atomic E-state index is 0.189. The van der Waals surface area contributed by atoms with Gasteiger partial charge in [-0.25, -0.2) is 9.97 Å². The summed E-state index contributed by atoms with van der Waals surface area (Å²) in [5, 5.41) is 5.78. The fraction of sp³-hybridized carbons (Fsp3) is 0.444. The summed E-state index contributed by atoms with van der Waals surface area (Å²) < 4.78 is 4.83. The normalized spacial score (nSPS) is 10.1. The molecule has 7 heteroatoms. The molecule has 16 heavy (non-hydrogen) atoms. The van der Waals surface area contributed by atoms with E-state index in [2.05, 4.69) is 20.6 Å². The van der Waals surface area contributed by atoms with E-state index in [1.54, 1.807) is 7.11 Å². The lowest BCUT2D eigenvalue weighted by atomic mass is 10.5. The van der Waals surface area contributed by atoms with Gasteiger partial charge < -0.3 is 15.4 Å². The van der Waals surface area contributed by atoms with Gasteiger partial charge in [-0.3, -0.25) is 4.79 Å². The fourth-order valence-corrected chi connectivity index (χ4v) is 1.11. The molecule has 0 bridgehead atoms. The highest BCUT2D eigenvalue weighted by Gasteiger charge is 2.03. The van der Waals surface area contributed by atoms with Crippen LogP contribution in [-0.2, 0) is 9.53 Å². The van der Waals surface area contributed by atoms with E-state index in [0.29, 0.717) is 19.0 Å². The third kappa shape index (κ3) is 5.01. The third-order valence-electron chi connectivity index (χ3n) is 1.67. The van der Waals surface area contributed by atoms with Crippen molar-refractivity contribution < 1.29 is 9.53 Å². The molecule has 0 aliphatic rings. The van der Waals surface area contributed by atoms with E-state index in [0.717, 1.165) is 0 Å². The Labute approximate surface area is 98.4 Å². The predicted molar refractivity (Wildman–Crippen MR) is 60.4 cm³/mol. The molecule has 0 saturated carbocycles. The Morgan fingerprint density at radius 3 is 3.06 bits per heavy atom. The molecule has 1 rings (SSSR count). The maximum atomic E-state index is 11.4. The van der Waals surface area contributed by atoms with Crippen LogP contribution in [0.1, 0.15) is 0 Å². The average molecular weight is 245 g/mol. The zero-order valence-electron chi connectivity index (χ0n) is 8.86. The fourth-order valence-electron chi connectivity index (χ4n) is 0.965. The Kier molecular flexibility index (Phi) is 5.69. The molecule has 0 unspecified atom stereocenters. The largest absolute Gasteiger partial charge is 0.383 e. The number of carbonyl (C=O) groups is 1. The molecule has 1 aromatic heterocycles. The standard InChI is InChI=1S/C9H13ClN4O2/c1-16-3-2-11-5-9(15)14-8-4-7(10)12-6-13-8/h4,6,11H,2-3,5H2,1H3,(H,12,13,14,15). The van der Waals surface area contributed by atoms with Crippen molar-refractivity contribution in [1.29, 1.82) is 0 Å². The van der Waals surface area contributed by atoms with Gasteiger partial charge in [0.15, 0.2) is 0 Å². The molecule has 0 spiro atoms. The van der Waals surface area contributed by atoms with E-state index in [-0.39, 0.29) is 17.6 Å². The predicted octanol–water partition coefficient (Wildman–Crippen LogP) is 0.304. The first kappa shape index (κ1) is 12.8. The van der Waals surface area contributed by atoms with E-state index < -0.39 is 0 Å². The van der Waals surface area contributed by atoms with Crippen LogP contribution < -0.4 is 10.6 Å². The Bertz CT molecular complexity index is 348. The van der Waals surface area contributed by atoms with E-state index in [1.807, 2.05) is 0 Å². The summed E-state index contributed by atoms with van der Waals surface area (Å²) in [7, 11) is 1.60. The molecule has 6 nitrogen and oxygen atoms in total. The number of nitrogens with zero attached hydrogens (tertiary/aromatic N) is 2. The van der Waals surface area contributed by atoms with Crippen LogP contribution in [0.3, 0.4) is 0 Å². The van der Waals surface area contributed by atoms with Crippen molar-refractivity contribution in [3.8, 4) is 0 Å². The van der Waals surface area contributed by atoms with Crippen LogP contribution in [0, 0.1) is 0 Å². The molecule has 0 saturated heterocycles. The number of amides is 1. The molecule has 0 aliphatic heterocycles. The van der Waals surface area contributed by atoms with Crippen molar-refractivity contribution in [2.24, 2.45) is 0 Å². The lowest BCUT2D eigenvalue weighted by Crippen LogP contribution is -2.30. The van der Waals surface area contributed by atoms with Gasteiger partial charge >= 0.3 is 0 Å². The van der Waals surface area contributed by atoms with Crippen molar-refractivity contribution in [3.63, 3.8) is 0 Å². The van der Waals surface area contributed by atoms with Gasteiger partial charge in [-0.1, -0.05) is 11.6 Å². The number of ether oxygens (including phenoxy) is 1. The summed E-state index contributed by atoms with van der Waals surface area (Å²) in [5.41, 5.74) is 0. The zero-order chi connectivity index (χ0) is 11.8. The second kappa shape index (κ2) is 7.10. The lowest BCUT2D eigenvalue weighted by Gasteiger charge is -2.05. The first-order chi connectivity index (χ1) is 7.72. The summed E-state index contributed by atoms with van der Waals surface area (Å²) in [5.74, 6) is 0.199. The van der Waals surface area contributed by atoms with Gasteiger partial charge in [0, 0.05) is 19.7 Å². The molecule has 1 heterocycles. The second-order valence-electron chi connectivity index (χ2n) is 2.94.